The van der Waals surface area contributed by atoms with Crippen molar-refractivity contribution in [3.05, 3.63) is 10.4 Å². The second kappa shape index (κ2) is 13.3. The molecule has 8 nitrogen and oxygen atoms in total. The van der Waals surface area contributed by atoms with Gasteiger partial charge in [0.1, 0.15) is 11.2 Å². The Morgan fingerprint density at radius 2 is 1.76 bits per heavy atom. The van der Waals surface area contributed by atoms with E-state index >= 15 is 0 Å². The molecule has 0 N–H and O–H groups in total. The van der Waals surface area contributed by atoms with Crippen LogP contribution in [0.25, 0.3) is 10.4 Å². The van der Waals surface area contributed by atoms with Crippen molar-refractivity contribution < 1.29 is 23.7 Å². The molecule has 0 aliphatic rings. The first-order valence-corrected chi connectivity index (χ1v) is 6.35. The summed E-state index contributed by atoms with van der Waals surface area (Å²) in [6.45, 7) is 1.90. The van der Waals surface area contributed by atoms with Crippen LogP contribution >= 0.6 is 22.6 Å². The molecule has 0 aliphatic carbocycles. The van der Waals surface area contributed by atoms with E-state index in [1.54, 1.807) is 0 Å². The highest BCUT2D eigenvalue weighted by molar-refractivity contribution is 14.1. The van der Waals surface area contributed by atoms with Gasteiger partial charge in [0.2, 0.25) is 0 Å². The van der Waals surface area contributed by atoms with Crippen molar-refractivity contribution in [3.8, 4) is 0 Å². The number of nitrogens with zero attached hydrogens (tertiary/aromatic N) is 3. The first kappa shape index (κ1) is 16.2. The molecule has 0 fully saturated rings. The average Bonchev–Trinajstić information content (AvgIpc) is 2.32. The number of azide groups is 1. The van der Waals surface area contributed by atoms with Crippen LogP contribution in [0.5, 0.6) is 0 Å². The van der Waals surface area contributed by atoms with E-state index in [9.17, 15) is 4.79 Å². The molecule has 0 saturated heterocycles. The zero-order valence-electron chi connectivity index (χ0n) is 9.21. The summed E-state index contributed by atoms with van der Waals surface area (Å²) in [4.78, 5) is 13.3. The van der Waals surface area contributed by atoms with Crippen molar-refractivity contribution in [2.45, 2.75) is 0 Å². The summed E-state index contributed by atoms with van der Waals surface area (Å²) < 4.78 is 19.6. The van der Waals surface area contributed by atoms with Crippen molar-refractivity contribution in [1.82, 2.24) is 0 Å². The van der Waals surface area contributed by atoms with Gasteiger partial charge in [0.05, 0.1) is 26.4 Å². The summed E-state index contributed by atoms with van der Waals surface area (Å²) in [5, 5.41) is 3.30. The number of carbonyl (C=O) groups is 1. The second-order valence-corrected chi connectivity index (χ2v) is 3.15. The largest absolute Gasteiger partial charge is 0.509 e. The Hall–Kier alpha value is -0.770. The van der Waals surface area contributed by atoms with Gasteiger partial charge >= 0.3 is 6.16 Å². The van der Waals surface area contributed by atoms with Gasteiger partial charge < -0.3 is 18.9 Å². The van der Waals surface area contributed by atoms with Crippen molar-refractivity contribution in [1.29, 1.82) is 0 Å². The molecule has 0 aromatic rings. The number of hydrogen-bond donors (Lipinski definition) is 0. The van der Waals surface area contributed by atoms with E-state index in [2.05, 4.69) is 19.5 Å². The highest BCUT2D eigenvalue weighted by Crippen LogP contribution is 1.90. The third-order valence-electron chi connectivity index (χ3n) is 1.39. The molecule has 0 unspecified atom stereocenters. The van der Waals surface area contributed by atoms with Crippen LogP contribution in [0.2, 0.25) is 0 Å². The lowest BCUT2D eigenvalue weighted by atomic mass is 10.7. The molecular weight excluding hydrogens is 345 g/mol. The van der Waals surface area contributed by atoms with Crippen LogP contribution in [-0.2, 0) is 18.9 Å². The summed E-state index contributed by atoms with van der Waals surface area (Å²) in [6.07, 6.45) is -0.700. The van der Waals surface area contributed by atoms with E-state index in [-0.39, 0.29) is 17.8 Å². The zero-order valence-corrected chi connectivity index (χ0v) is 11.4. The summed E-state index contributed by atoms with van der Waals surface area (Å²) in [6, 6.07) is 0. The highest BCUT2D eigenvalue weighted by atomic mass is 127. The molecule has 0 amide bonds. The maximum absolute atomic E-state index is 10.7. The number of ether oxygens (including phenoxy) is 4. The molecule has 0 heterocycles. The number of alkyl halides is 1. The Labute approximate surface area is 112 Å². The third-order valence-corrected chi connectivity index (χ3v) is 1.70. The Morgan fingerprint density at radius 3 is 2.41 bits per heavy atom. The Balaban J connectivity index is 3.08. The van der Waals surface area contributed by atoms with Gasteiger partial charge in [-0.05, 0) is 28.1 Å². The molecule has 0 spiro atoms. The minimum atomic E-state index is -0.700. The Bertz CT molecular complexity index is 247. The van der Waals surface area contributed by atoms with Crippen LogP contribution in [0.3, 0.4) is 0 Å². The average molecular weight is 359 g/mol. The van der Waals surface area contributed by atoms with Gasteiger partial charge in [0.25, 0.3) is 0 Å². The number of hydrogen-bond acceptors (Lipinski definition) is 6. The van der Waals surface area contributed by atoms with Gasteiger partial charge in [-0.1, -0.05) is 5.11 Å². The van der Waals surface area contributed by atoms with E-state index in [1.165, 1.54) is 0 Å². The van der Waals surface area contributed by atoms with Gasteiger partial charge in [-0.2, -0.15) is 0 Å². The molecule has 0 atom stereocenters. The topological polar surface area (TPSA) is 103 Å². The smallest absolute Gasteiger partial charge is 0.432 e. The molecule has 9 heteroatoms. The maximum Gasteiger partial charge on any atom is 0.509 e. The fourth-order valence-electron chi connectivity index (χ4n) is 0.742. The standard InChI is InChI=1S/C8H14IN3O5/c9-7-17-8(13)16-6-5-15-4-3-14-2-1-11-12-10/h1-7H2. The van der Waals surface area contributed by atoms with Gasteiger partial charge in [0, 0.05) is 11.5 Å². The van der Waals surface area contributed by atoms with E-state index < -0.39 is 6.16 Å². The lowest BCUT2D eigenvalue weighted by molar-refractivity contribution is 0.0150. The predicted molar refractivity (Wildman–Crippen MR) is 67.0 cm³/mol. The molecule has 98 valence electrons. The zero-order chi connectivity index (χ0) is 12.8. The second-order valence-electron chi connectivity index (χ2n) is 2.53. The SMILES string of the molecule is [N-]=[N+]=NCCOCCOCCOC(=O)OCI. The van der Waals surface area contributed by atoms with Gasteiger partial charge in [-0.15, -0.1) is 0 Å². The fourth-order valence-corrected chi connectivity index (χ4v) is 0.996. The monoisotopic (exact) mass is 359 g/mol. The van der Waals surface area contributed by atoms with E-state index in [0.717, 1.165) is 0 Å². The minimum absolute atomic E-state index is 0.147. The Morgan fingerprint density at radius 1 is 1.12 bits per heavy atom. The van der Waals surface area contributed by atoms with Crippen molar-refractivity contribution in [2.24, 2.45) is 5.11 Å². The van der Waals surface area contributed by atoms with Gasteiger partial charge in [-0.3, -0.25) is 0 Å². The molecule has 0 saturated carbocycles. The van der Waals surface area contributed by atoms with Crippen molar-refractivity contribution >= 4 is 28.7 Å². The van der Waals surface area contributed by atoms with Crippen LogP contribution < -0.4 is 0 Å². The fraction of sp³-hybridized carbons (Fsp3) is 0.875. The normalized spacial score (nSPS) is 9.47. The maximum atomic E-state index is 10.7. The molecule has 0 aromatic heterocycles. The molecule has 0 aliphatic heterocycles. The number of halogens is 1. The van der Waals surface area contributed by atoms with Crippen molar-refractivity contribution in [3.63, 3.8) is 0 Å². The number of rotatable bonds is 10. The summed E-state index contributed by atoms with van der Waals surface area (Å²) in [5.74, 6) is 0. The van der Waals surface area contributed by atoms with Gasteiger partial charge in [-0.25, -0.2) is 4.79 Å². The first-order chi connectivity index (χ1) is 8.31. The predicted octanol–water partition coefficient (Wildman–Crippen LogP) is 1.88. The van der Waals surface area contributed by atoms with Crippen molar-refractivity contribution in [2.75, 3.05) is 44.2 Å². The lowest BCUT2D eigenvalue weighted by Gasteiger charge is -2.05. The number of carbonyl (C=O) groups excluding carboxylic acids is 1. The molecule has 17 heavy (non-hydrogen) atoms. The van der Waals surface area contributed by atoms with E-state index in [4.69, 9.17) is 15.0 Å². The van der Waals surface area contributed by atoms with Crippen LogP contribution in [0, 0.1) is 0 Å². The summed E-state index contributed by atoms with van der Waals surface area (Å²) >= 11 is 1.89. The molecule has 0 aromatic carbocycles. The van der Waals surface area contributed by atoms with Crippen LogP contribution in [0.15, 0.2) is 5.11 Å². The quantitative estimate of drug-likeness (QED) is 0.113. The summed E-state index contributed by atoms with van der Waals surface area (Å²) in [5.41, 5.74) is 7.98. The molecule has 0 rings (SSSR count). The van der Waals surface area contributed by atoms with E-state index in [0.29, 0.717) is 26.4 Å². The van der Waals surface area contributed by atoms with E-state index in [1.807, 2.05) is 22.6 Å². The minimum Gasteiger partial charge on any atom is -0.432 e. The highest BCUT2D eigenvalue weighted by Gasteiger charge is 2.00. The van der Waals surface area contributed by atoms with Crippen LogP contribution in [0.1, 0.15) is 0 Å². The van der Waals surface area contributed by atoms with Crippen LogP contribution in [0.4, 0.5) is 4.79 Å². The molecular formula is C8H14IN3O5. The lowest BCUT2D eigenvalue weighted by Crippen LogP contribution is -2.13. The first-order valence-electron chi connectivity index (χ1n) is 4.83. The van der Waals surface area contributed by atoms with Gasteiger partial charge in [0.15, 0.2) is 0 Å². The summed E-state index contributed by atoms with van der Waals surface area (Å²) in [7, 11) is 0. The molecule has 0 radical (unpaired) electrons. The Kier molecular flexibility index (Phi) is 12.7. The molecule has 0 bridgehead atoms. The van der Waals surface area contributed by atoms with Crippen LogP contribution in [-0.4, -0.2) is 50.3 Å². The third kappa shape index (κ3) is 13.2.